The first-order chi connectivity index (χ1) is 24.7. The zero-order chi connectivity index (χ0) is 32.8. The molecule has 3 nitrogen and oxygen atoms in total. The monoisotopic (exact) mass is 643 g/mol. The van der Waals surface area contributed by atoms with Crippen LogP contribution in [-0.2, 0) is 5.41 Å². The average molecular weight is 644 g/mol. The Labute approximate surface area is 293 Å². The van der Waals surface area contributed by atoms with Gasteiger partial charge in [0.2, 0.25) is 0 Å². The van der Waals surface area contributed by atoms with Crippen LogP contribution >= 0.6 is 0 Å². The molecule has 3 heteroatoms. The van der Waals surface area contributed by atoms with E-state index in [2.05, 4.69) is 133 Å². The first-order valence-electron chi connectivity index (χ1n) is 18.4. The SMILES string of the molecule is c1ccc(-c2ccc(-c3nc(-c4ccccc4)nc(-c4cccc5c4-c4c(ccc6ccccc46)C54C5CC6CC(C5)CC4C6)n3)cc2)cc1. The summed E-state index contributed by atoms with van der Waals surface area (Å²) in [6.45, 7) is 0. The van der Waals surface area contributed by atoms with Crippen molar-refractivity contribution in [2.75, 3.05) is 0 Å². The Bertz CT molecular complexity index is 2400. The highest BCUT2D eigenvalue weighted by Crippen LogP contribution is 2.70. The molecule has 5 aliphatic carbocycles. The molecular formula is C47H37N3. The molecule has 50 heavy (non-hydrogen) atoms. The first kappa shape index (κ1) is 28.4. The zero-order valence-electron chi connectivity index (χ0n) is 28.0. The quantitative estimate of drug-likeness (QED) is 0.192. The Hall–Kier alpha value is -5.41. The highest BCUT2D eigenvalue weighted by Gasteiger charge is 2.62. The molecule has 5 aliphatic rings. The zero-order valence-corrected chi connectivity index (χ0v) is 28.0. The summed E-state index contributed by atoms with van der Waals surface area (Å²) in [5.74, 6) is 5.32. The molecule has 0 unspecified atom stereocenters. The summed E-state index contributed by atoms with van der Waals surface area (Å²) in [6, 6.07) is 50.5. The van der Waals surface area contributed by atoms with Crippen LogP contribution in [0, 0.1) is 23.7 Å². The van der Waals surface area contributed by atoms with E-state index >= 15 is 0 Å². The molecule has 0 radical (unpaired) electrons. The van der Waals surface area contributed by atoms with Crippen LogP contribution in [0.25, 0.3) is 67.2 Å². The normalized spacial score (nSPS) is 24.1. The van der Waals surface area contributed by atoms with Gasteiger partial charge in [0.05, 0.1) is 0 Å². The van der Waals surface area contributed by atoms with Gasteiger partial charge in [-0.25, -0.2) is 15.0 Å². The minimum absolute atomic E-state index is 0.0590. The topological polar surface area (TPSA) is 38.7 Å². The van der Waals surface area contributed by atoms with E-state index in [0.29, 0.717) is 23.5 Å². The summed E-state index contributed by atoms with van der Waals surface area (Å²) in [5, 5.41) is 2.64. The van der Waals surface area contributed by atoms with Gasteiger partial charge in [-0.3, -0.25) is 0 Å². The molecule has 0 saturated heterocycles. The summed E-state index contributed by atoms with van der Waals surface area (Å²) in [5.41, 5.74) is 11.4. The molecular weight excluding hydrogens is 607 g/mol. The Kier molecular flexibility index (Phi) is 6.14. The molecule has 1 heterocycles. The van der Waals surface area contributed by atoms with E-state index < -0.39 is 0 Å². The lowest BCUT2D eigenvalue weighted by atomic mass is 9.43. The predicted octanol–water partition coefficient (Wildman–Crippen LogP) is 11.4. The summed E-state index contributed by atoms with van der Waals surface area (Å²) < 4.78 is 0. The standard InChI is InChI=1S/C47H37N3/c1-3-10-31(11-4-1)32-18-20-35(21-19-32)45-48-44(34-13-5-2-6-14-34)49-46(50-45)39-16-9-17-40-43(39)42-38-15-8-7-12-33(38)22-23-41(42)47(40)36-25-29-24-30(27-36)28-37(47)26-29/h1-23,29-30,36-37H,24-28H2. The highest BCUT2D eigenvalue weighted by molar-refractivity contribution is 6.06. The number of fused-ring (bicyclic) bond motifs is 5. The van der Waals surface area contributed by atoms with E-state index in [1.165, 1.54) is 70.7 Å². The van der Waals surface area contributed by atoms with Crippen LogP contribution in [0.4, 0.5) is 0 Å². The molecule has 0 N–H and O–H groups in total. The van der Waals surface area contributed by atoms with E-state index in [9.17, 15) is 0 Å². The van der Waals surface area contributed by atoms with E-state index in [4.69, 9.17) is 15.0 Å². The van der Waals surface area contributed by atoms with Crippen molar-refractivity contribution in [2.45, 2.75) is 37.5 Å². The molecule has 4 saturated carbocycles. The maximum Gasteiger partial charge on any atom is 0.164 e. The fraction of sp³-hybridized carbons (Fsp3) is 0.213. The second-order valence-corrected chi connectivity index (χ2v) is 15.2. The van der Waals surface area contributed by atoms with Crippen molar-refractivity contribution in [1.29, 1.82) is 0 Å². The molecule has 4 fully saturated rings. The Morgan fingerprint density at radius 3 is 1.64 bits per heavy atom. The molecule has 0 atom stereocenters. The maximum atomic E-state index is 5.33. The molecule has 0 aliphatic heterocycles. The van der Waals surface area contributed by atoms with Crippen LogP contribution in [0.5, 0.6) is 0 Å². The molecule has 7 aromatic rings. The lowest BCUT2D eigenvalue weighted by molar-refractivity contribution is -0.0399. The summed E-state index contributed by atoms with van der Waals surface area (Å²) in [6.07, 6.45) is 6.88. The van der Waals surface area contributed by atoms with Gasteiger partial charge < -0.3 is 0 Å². The largest absolute Gasteiger partial charge is 0.208 e. The van der Waals surface area contributed by atoms with Crippen LogP contribution in [0.2, 0.25) is 0 Å². The van der Waals surface area contributed by atoms with Crippen molar-refractivity contribution < 1.29 is 0 Å². The third kappa shape index (κ3) is 4.07. The van der Waals surface area contributed by atoms with Crippen LogP contribution < -0.4 is 0 Å². The van der Waals surface area contributed by atoms with Crippen molar-refractivity contribution in [3.8, 4) is 56.4 Å². The van der Waals surface area contributed by atoms with Crippen LogP contribution in [0.1, 0.15) is 43.2 Å². The van der Waals surface area contributed by atoms with Crippen LogP contribution in [0.15, 0.2) is 140 Å². The van der Waals surface area contributed by atoms with Gasteiger partial charge in [0, 0.05) is 22.1 Å². The number of nitrogens with zero attached hydrogens (tertiary/aromatic N) is 3. The minimum Gasteiger partial charge on any atom is -0.208 e. The van der Waals surface area contributed by atoms with Crippen molar-refractivity contribution in [2.24, 2.45) is 23.7 Å². The number of benzene rings is 6. The molecule has 4 bridgehead atoms. The number of rotatable bonds is 4. The first-order valence-corrected chi connectivity index (χ1v) is 18.4. The molecule has 1 aromatic heterocycles. The predicted molar refractivity (Wildman–Crippen MR) is 202 cm³/mol. The van der Waals surface area contributed by atoms with Gasteiger partial charge in [0.1, 0.15) is 0 Å². The second-order valence-electron chi connectivity index (χ2n) is 15.2. The molecule has 1 spiro atoms. The van der Waals surface area contributed by atoms with Gasteiger partial charge >= 0.3 is 0 Å². The third-order valence-electron chi connectivity index (χ3n) is 12.7. The third-order valence-corrected chi connectivity index (χ3v) is 12.7. The van der Waals surface area contributed by atoms with Crippen molar-refractivity contribution in [3.63, 3.8) is 0 Å². The maximum absolute atomic E-state index is 5.33. The molecule has 0 amide bonds. The Balaban J connectivity index is 1.15. The van der Waals surface area contributed by atoms with Crippen LogP contribution in [0.3, 0.4) is 0 Å². The van der Waals surface area contributed by atoms with E-state index in [1.54, 1.807) is 5.56 Å². The van der Waals surface area contributed by atoms with Crippen molar-refractivity contribution >= 4 is 10.8 Å². The fourth-order valence-corrected chi connectivity index (χ4v) is 11.0. The smallest absolute Gasteiger partial charge is 0.164 e. The van der Waals surface area contributed by atoms with E-state index in [1.807, 2.05) is 6.07 Å². The van der Waals surface area contributed by atoms with E-state index in [-0.39, 0.29) is 5.41 Å². The lowest BCUT2D eigenvalue weighted by Gasteiger charge is -2.61. The summed E-state index contributed by atoms with van der Waals surface area (Å²) in [7, 11) is 0. The second kappa shape index (κ2) is 10.8. The molecule has 12 rings (SSSR count). The van der Waals surface area contributed by atoms with Crippen LogP contribution in [-0.4, -0.2) is 15.0 Å². The summed E-state index contributed by atoms with van der Waals surface area (Å²) >= 11 is 0. The Morgan fingerprint density at radius 2 is 0.940 bits per heavy atom. The number of hydrogen-bond acceptors (Lipinski definition) is 3. The Morgan fingerprint density at radius 1 is 0.400 bits per heavy atom. The highest BCUT2D eigenvalue weighted by atomic mass is 15.0. The average Bonchev–Trinajstić information content (AvgIpc) is 3.49. The van der Waals surface area contributed by atoms with Gasteiger partial charge in [-0.15, -0.1) is 0 Å². The number of aromatic nitrogens is 3. The van der Waals surface area contributed by atoms with Gasteiger partial charge in [-0.1, -0.05) is 140 Å². The van der Waals surface area contributed by atoms with Gasteiger partial charge in [0.15, 0.2) is 17.5 Å². The van der Waals surface area contributed by atoms with E-state index in [0.717, 1.165) is 34.4 Å². The summed E-state index contributed by atoms with van der Waals surface area (Å²) in [4.78, 5) is 15.7. The van der Waals surface area contributed by atoms with Gasteiger partial charge in [-0.05, 0) is 99.9 Å². The fourth-order valence-electron chi connectivity index (χ4n) is 11.0. The van der Waals surface area contributed by atoms with Crippen molar-refractivity contribution in [1.82, 2.24) is 15.0 Å². The molecule has 240 valence electrons. The number of hydrogen-bond donors (Lipinski definition) is 0. The lowest BCUT2D eigenvalue weighted by Crippen LogP contribution is -2.55. The minimum atomic E-state index is 0.0590. The molecule has 6 aromatic carbocycles. The van der Waals surface area contributed by atoms with Gasteiger partial charge in [-0.2, -0.15) is 0 Å². The van der Waals surface area contributed by atoms with Gasteiger partial charge in [0.25, 0.3) is 0 Å². The van der Waals surface area contributed by atoms with Crippen molar-refractivity contribution in [3.05, 3.63) is 151 Å².